The zero-order valence-electron chi connectivity index (χ0n) is 18.3. The average Bonchev–Trinajstić information content (AvgIpc) is 2.73. The van der Waals surface area contributed by atoms with Gasteiger partial charge in [0.05, 0.1) is 5.69 Å². The van der Waals surface area contributed by atoms with Gasteiger partial charge in [0.15, 0.2) is 0 Å². The molecule has 0 unspecified atom stereocenters. The molecule has 3 aromatic rings. The van der Waals surface area contributed by atoms with E-state index in [9.17, 15) is 13.2 Å². The smallest absolute Gasteiger partial charge is 0.406 e. The van der Waals surface area contributed by atoms with Gasteiger partial charge in [0.25, 0.3) is 0 Å². The van der Waals surface area contributed by atoms with Gasteiger partial charge in [0.1, 0.15) is 5.75 Å². The molecule has 0 spiro atoms. The van der Waals surface area contributed by atoms with Crippen LogP contribution in [0.4, 0.5) is 18.9 Å². The van der Waals surface area contributed by atoms with E-state index < -0.39 is 6.36 Å². The fourth-order valence-corrected chi connectivity index (χ4v) is 4.13. The third-order valence-electron chi connectivity index (χ3n) is 4.85. The van der Waals surface area contributed by atoms with Gasteiger partial charge in [-0.25, -0.2) is 0 Å². The minimum atomic E-state index is -4.70. The normalized spacial score (nSPS) is 11.8. The van der Waals surface area contributed by atoms with Gasteiger partial charge in [-0.1, -0.05) is 75.5 Å². The largest absolute Gasteiger partial charge is 0.573 e. The maximum atomic E-state index is 12.4. The van der Waals surface area contributed by atoms with Gasteiger partial charge in [-0.15, -0.1) is 13.2 Å². The van der Waals surface area contributed by atoms with Crippen LogP contribution in [-0.2, 0) is 12.0 Å². The van der Waals surface area contributed by atoms with Crippen LogP contribution < -0.4 is 9.64 Å². The van der Waals surface area contributed by atoms with Crippen LogP contribution in [0.5, 0.6) is 5.75 Å². The molecule has 0 saturated carbocycles. The molecule has 0 aliphatic heterocycles. The molecule has 0 bridgehead atoms. The monoisotopic (exact) mass is 457 g/mol. The lowest BCUT2D eigenvalue weighted by Gasteiger charge is -2.24. The number of anilines is 1. The average molecular weight is 458 g/mol. The van der Waals surface area contributed by atoms with Crippen LogP contribution in [-0.4, -0.2) is 6.36 Å². The first-order valence-corrected chi connectivity index (χ1v) is 11.0. The Morgan fingerprint density at radius 3 is 2.09 bits per heavy atom. The van der Waals surface area contributed by atoms with Crippen molar-refractivity contribution in [3.8, 4) is 5.75 Å². The third-order valence-corrected chi connectivity index (χ3v) is 5.93. The number of benzene rings is 3. The van der Waals surface area contributed by atoms with Crippen molar-refractivity contribution in [3.63, 3.8) is 0 Å². The van der Waals surface area contributed by atoms with Gasteiger partial charge in [-0.2, -0.15) is 0 Å². The number of nitrogens with zero attached hydrogens (tertiary/aromatic N) is 1. The van der Waals surface area contributed by atoms with Crippen LogP contribution in [0.3, 0.4) is 0 Å². The predicted molar refractivity (Wildman–Crippen MR) is 125 cm³/mol. The summed E-state index contributed by atoms with van der Waals surface area (Å²) in [5, 5.41) is 0. The van der Waals surface area contributed by atoms with Gasteiger partial charge in [-0.05, 0) is 59.1 Å². The molecule has 0 fully saturated rings. The minimum Gasteiger partial charge on any atom is -0.406 e. The van der Waals surface area contributed by atoms with Gasteiger partial charge in [-0.3, -0.25) is 0 Å². The van der Waals surface area contributed by atoms with Gasteiger partial charge in [0, 0.05) is 16.3 Å². The molecule has 0 N–H and O–H groups in total. The highest BCUT2D eigenvalue weighted by atomic mass is 32.2. The Balaban J connectivity index is 1.77. The number of hydrogen-bond acceptors (Lipinski definition) is 3. The third kappa shape index (κ3) is 6.57. The van der Waals surface area contributed by atoms with Crippen molar-refractivity contribution in [1.29, 1.82) is 0 Å². The highest BCUT2D eigenvalue weighted by Crippen LogP contribution is 2.37. The molecule has 0 saturated heterocycles. The van der Waals surface area contributed by atoms with E-state index in [0.29, 0.717) is 6.54 Å². The van der Waals surface area contributed by atoms with E-state index in [1.807, 2.05) is 24.3 Å². The molecule has 2 nitrogen and oxygen atoms in total. The first-order valence-electron chi connectivity index (χ1n) is 10.2. The van der Waals surface area contributed by atoms with E-state index in [1.54, 1.807) is 18.3 Å². The Hall–Kier alpha value is -2.86. The molecule has 0 aromatic heterocycles. The van der Waals surface area contributed by atoms with Crippen LogP contribution in [0.1, 0.15) is 31.9 Å². The molecule has 168 valence electrons. The molecule has 0 radical (unpaired) electrons. The van der Waals surface area contributed by atoms with Crippen molar-refractivity contribution in [3.05, 3.63) is 96.7 Å². The van der Waals surface area contributed by atoms with Crippen molar-refractivity contribution in [1.82, 2.24) is 0 Å². The highest BCUT2D eigenvalue weighted by Gasteiger charge is 2.31. The molecule has 0 atom stereocenters. The molecular formula is C26H26F3NOS. The molecule has 0 heterocycles. The summed E-state index contributed by atoms with van der Waals surface area (Å²) in [6.45, 7) is 11.2. The van der Waals surface area contributed by atoms with Crippen LogP contribution >= 0.6 is 11.8 Å². The minimum absolute atomic E-state index is 0.0978. The fraction of sp³-hybridized carbons (Fsp3) is 0.231. The van der Waals surface area contributed by atoms with Crippen molar-refractivity contribution < 1.29 is 17.9 Å². The topological polar surface area (TPSA) is 12.5 Å². The lowest BCUT2D eigenvalue weighted by Crippen LogP contribution is -2.17. The van der Waals surface area contributed by atoms with E-state index in [4.69, 9.17) is 0 Å². The summed E-state index contributed by atoms with van der Waals surface area (Å²) in [6, 6.07) is 22.3. The highest BCUT2D eigenvalue weighted by molar-refractivity contribution is 7.99. The van der Waals surface area contributed by atoms with Crippen molar-refractivity contribution in [2.75, 3.05) is 4.90 Å². The van der Waals surface area contributed by atoms with Crippen LogP contribution in [0.15, 0.2) is 95.4 Å². The van der Waals surface area contributed by atoms with E-state index in [2.05, 4.69) is 61.3 Å². The first kappa shape index (κ1) is 23.8. The van der Waals surface area contributed by atoms with Crippen molar-refractivity contribution >= 4 is 17.4 Å². The zero-order valence-corrected chi connectivity index (χ0v) is 19.1. The Labute approximate surface area is 191 Å². The lowest BCUT2D eigenvalue weighted by atomic mass is 9.87. The lowest BCUT2D eigenvalue weighted by molar-refractivity contribution is -0.274. The second kappa shape index (κ2) is 9.74. The van der Waals surface area contributed by atoms with Crippen LogP contribution in [0.2, 0.25) is 0 Å². The van der Waals surface area contributed by atoms with Crippen LogP contribution in [0.25, 0.3) is 0 Å². The number of alkyl halides is 3. The zero-order chi connectivity index (χ0) is 23.4. The van der Waals surface area contributed by atoms with E-state index >= 15 is 0 Å². The van der Waals surface area contributed by atoms with Gasteiger partial charge >= 0.3 is 6.36 Å². The maximum absolute atomic E-state index is 12.4. The summed E-state index contributed by atoms with van der Waals surface area (Å²) in [5.74, 6) is -0.235. The number of ether oxygens (including phenoxy) is 1. The fourth-order valence-electron chi connectivity index (χ4n) is 3.17. The van der Waals surface area contributed by atoms with Gasteiger partial charge < -0.3 is 9.64 Å². The first-order chi connectivity index (χ1) is 15.0. The number of hydrogen-bond donors (Lipinski definition) is 0. The standard InChI is InChI=1S/C26H26F3NOS/c1-5-30(18-19-10-12-20(13-11-19)25(2,3)4)23-8-6-7-9-24(23)32-22-16-14-21(15-17-22)31-26(27,28)29/h5-17H,1,18H2,2-4H3. The van der Waals surface area contributed by atoms with Crippen molar-refractivity contribution in [2.24, 2.45) is 0 Å². The molecule has 0 amide bonds. The quantitative estimate of drug-likeness (QED) is 0.355. The van der Waals surface area contributed by atoms with E-state index in [-0.39, 0.29) is 11.2 Å². The van der Waals surface area contributed by atoms with Gasteiger partial charge in [0.2, 0.25) is 0 Å². The summed E-state index contributed by atoms with van der Waals surface area (Å²) in [5.41, 5.74) is 3.51. The second-order valence-electron chi connectivity index (χ2n) is 8.35. The number of halogens is 3. The Kier molecular flexibility index (Phi) is 7.24. The summed E-state index contributed by atoms with van der Waals surface area (Å²) in [7, 11) is 0. The molecule has 0 aliphatic rings. The second-order valence-corrected chi connectivity index (χ2v) is 9.46. The van der Waals surface area contributed by atoms with Crippen molar-refractivity contribution in [2.45, 2.75) is 48.9 Å². The number of para-hydroxylation sites is 1. The Bertz CT molecular complexity index is 1040. The summed E-state index contributed by atoms with van der Waals surface area (Å²) in [6.07, 6.45) is -2.91. The summed E-state index contributed by atoms with van der Waals surface area (Å²) < 4.78 is 41.1. The maximum Gasteiger partial charge on any atom is 0.573 e. The number of rotatable bonds is 7. The summed E-state index contributed by atoms with van der Waals surface area (Å²) in [4.78, 5) is 3.85. The Morgan fingerprint density at radius 1 is 0.906 bits per heavy atom. The molecule has 3 aromatic carbocycles. The SMILES string of the molecule is C=CN(Cc1ccc(C(C)(C)C)cc1)c1ccccc1Sc1ccc(OC(F)(F)F)cc1. The molecule has 3 rings (SSSR count). The molecule has 32 heavy (non-hydrogen) atoms. The van der Waals surface area contributed by atoms with E-state index in [0.717, 1.165) is 21.0 Å². The van der Waals surface area contributed by atoms with Crippen LogP contribution in [0, 0.1) is 0 Å². The predicted octanol–water partition coefficient (Wildman–Crippen LogP) is 8.18. The Morgan fingerprint density at radius 2 is 1.53 bits per heavy atom. The molecular weight excluding hydrogens is 431 g/mol. The summed E-state index contributed by atoms with van der Waals surface area (Å²) >= 11 is 1.47. The van der Waals surface area contributed by atoms with E-state index in [1.165, 1.54) is 29.5 Å². The molecule has 6 heteroatoms. The molecule has 0 aliphatic carbocycles.